The number of nitrogens with zero attached hydrogens (tertiary/aromatic N) is 1. The lowest BCUT2D eigenvalue weighted by molar-refractivity contribution is -0.164. The van der Waals surface area contributed by atoms with Crippen LogP contribution in [0.25, 0.3) is 0 Å². The number of ether oxygens (including phenoxy) is 1. The highest BCUT2D eigenvalue weighted by Gasteiger charge is 2.60. The summed E-state index contributed by atoms with van der Waals surface area (Å²) in [6.07, 6.45) is 3.27. The van der Waals surface area contributed by atoms with Gasteiger partial charge in [-0.3, -0.25) is 4.79 Å². The van der Waals surface area contributed by atoms with E-state index in [1.807, 2.05) is 56.0 Å². The van der Waals surface area contributed by atoms with Gasteiger partial charge in [-0.2, -0.15) is 0 Å². The van der Waals surface area contributed by atoms with Gasteiger partial charge < -0.3 is 9.64 Å². The Morgan fingerprint density at radius 1 is 1.17 bits per heavy atom. The Morgan fingerprint density at radius 3 is 2.35 bits per heavy atom. The van der Waals surface area contributed by atoms with E-state index in [2.05, 4.69) is 0 Å². The van der Waals surface area contributed by atoms with Crippen LogP contribution in [0.5, 0.6) is 0 Å². The standard InChI is InChI=1S/C19H25NO3/c1-18(2,3)16(21)20-15-9-11-19(20,12-10-15)17(22)23-13-14-7-5-4-6-8-14/h4-8,15H,9-13H2,1-3H3. The van der Waals surface area contributed by atoms with Crippen molar-refractivity contribution in [2.75, 3.05) is 0 Å². The number of esters is 1. The topological polar surface area (TPSA) is 46.6 Å². The maximum Gasteiger partial charge on any atom is 0.332 e. The average molecular weight is 315 g/mol. The van der Waals surface area contributed by atoms with Crippen molar-refractivity contribution >= 4 is 11.9 Å². The average Bonchev–Trinajstić information content (AvgIpc) is 3.08. The van der Waals surface area contributed by atoms with E-state index in [0.29, 0.717) is 0 Å². The molecule has 2 saturated heterocycles. The number of benzene rings is 1. The van der Waals surface area contributed by atoms with Crippen LogP contribution in [0.4, 0.5) is 0 Å². The van der Waals surface area contributed by atoms with Gasteiger partial charge in [0.25, 0.3) is 0 Å². The number of amides is 1. The number of rotatable bonds is 3. The molecule has 0 aliphatic carbocycles. The van der Waals surface area contributed by atoms with Crippen LogP contribution in [-0.4, -0.2) is 28.4 Å². The predicted molar refractivity (Wildman–Crippen MR) is 87.5 cm³/mol. The molecule has 23 heavy (non-hydrogen) atoms. The Hall–Kier alpha value is -1.84. The molecule has 1 aromatic rings. The molecule has 1 amide bonds. The van der Waals surface area contributed by atoms with Crippen molar-refractivity contribution in [1.82, 2.24) is 4.90 Å². The van der Waals surface area contributed by atoms with Crippen molar-refractivity contribution in [2.24, 2.45) is 5.41 Å². The first kappa shape index (κ1) is 16.0. The van der Waals surface area contributed by atoms with Gasteiger partial charge in [-0.1, -0.05) is 51.1 Å². The van der Waals surface area contributed by atoms with Crippen molar-refractivity contribution in [3.05, 3.63) is 35.9 Å². The Bertz CT molecular complexity index is 595. The second kappa shape index (κ2) is 5.66. The summed E-state index contributed by atoms with van der Waals surface area (Å²) in [5, 5.41) is 0. The van der Waals surface area contributed by atoms with Gasteiger partial charge in [0.2, 0.25) is 5.91 Å². The monoisotopic (exact) mass is 315 g/mol. The second-order valence-electron chi connectivity index (χ2n) is 7.75. The first-order chi connectivity index (χ1) is 10.8. The minimum absolute atomic E-state index is 0.0640. The number of carbonyl (C=O) groups excluding carboxylic acids is 2. The van der Waals surface area contributed by atoms with Crippen LogP contribution in [0.1, 0.15) is 52.0 Å². The zero-order valence-electron chi connectivity index (χ0n) is 14.2. The van der Waals surface area contributed by atoms with Gasteiger partial charge in [-0.15, -0.1) is 0 Å². The fourth-order valence-electron chi connectivity index (χ4n) is 3.81. The maximum absolute atomic E-state index is 12.8. The fraction of sp³-hybridized carbons (Fsp3) is 0.579. The summed E-state index contributed by atoms with van der Waals surface area (Å²) in [7, 11) is 0. The molecular formula is C19H25NO3. The molecule has 0 spiro atoms. The molecule has 0 N–H and O–H groups in total. The van der Waals surface area contributed by atoms with Gasteiger partial charge in [0.15, 0.2) is 0 Å². The van der Waals surface area contributed by atoms with E-state index in [1.54, 1.807) is 0 Å². The summed E-state index contributed by atoms with van der Waals surface area (Å²) in [5.74, 6) is -0.173. The molecule has 124 valence electrons. The molecule has 0 atom stereocenters. The van der Waals surface area contributed by atoms with E-state index < -0.39 is 11.0 Å². The third-order valence-corrected chi connectivity index (χ3v) is 5.06. The summed E-state index contributed by atoms with van der Waals surface area (Å²) in [6, 6.07) is 9.87. The van der Waals surface area contributed by atoms with Gasteiger partial charge in [0.05, 0.1) is 0 Å². The first-order valence-electron chi connectivity index (χ1n) is 8.39. The fourth-order valence-corrected chi connectivity index (χ4v) is 3.81. The summed E-state index contributed by atoms with van der Waals surface area (Å²) < 4.78 is 5.59. The molecular weight excluding hydrogens is 290 g/mol. The molecule has 2 aliphatic heterocycles. The summed E-state index contributed by atoms with van der Waals surface area (Å²) in [4.78, 5) is 27.5. The van der Waals surface area contributed by atoms with Gasteiger partial charge >= 0.3 is 5.97 Å². The molecule has 0 aromatic heterocycles. The van der Waals surface area contributed by atoms with Crippen LogP contribution >= 0.6 is 0 Å². The quantitative estimate of drug-likeness (QED) is 0.804. The first-order valence-corrected chi connectivity index (χ1v) is 8.39. The molecule has 2 aliphatic rings. The normalized spacial score (nSPS) is 26.4. The van der Waals surface area contributed by atoms with Crippen LogP contribution in [0.3, 0.4) is 0 Å². The van der Waals surface area contributed by atoms with E-state index in [9.17, 15) is 9.59 Å². The van der Waals surface area contributed by atoms with Crippen LogP contribution in [-0.2, 0) is 20.9 Å². The molecule has 0 saturated carbocycles. The van der Waals surface area contributed by atoms with Crippen LogP contribution in [0.2, 0.25) is 0 Å². The third kappa shape index (κ3) is 2.75. The van der Waals surface area contributed by atoms with Crippen molar-refractivity contribution < 1.29 is 14.3 Å². The molecule has 4 nitrogen and oxygen atoms in total. The minimum atomic E-state index is -0.732. The Morgan fingerprint density at radius 2 is 1.78 bits per heavy atom. The molecule has 2 heterocycles. The van der Waals surface area contributed by atoms with Gasteiger partial charge in [0.1, 0.15) is 12.1 Å². The third-order valence-electron chi connectivity index (χ3n) is 5.06. The van der Waals surface area contributed by atoms with Crippen molar-refractivity contribution in [3.63, 3.8) is 0 Å². The van der Waals surface area contributed by atoms with E-state index in [-0.39, 0.29) is 24.5 Å². The maximum atomic E-state index is 12.8. The predicted octanol–water partition coefficient (Wildman–Crippen LogP) is 3.30. The Balaban J connectivity index is 1.76. The highest BCUT2D eigenvalue weighted by molar-refractivity contribution is 5.92. The second-order valence-corrected chi connectivity index (χ2v) is 7.75. The number of hydrogen-bond donors (Lipinski definition) is 0. The van der Waals surface area contributed by atoms with E-state index in [4.69, 9.17) is 4.74 Å². The Labute approximate surface area is 137 Å². The van der Waals surface area contributed by atoms with Gasteiger partial charge in [0, 0.05) is 11.5 Å². The van der Waals surface area contributed by atoms with Crippen LogP contribution < -0.4 is 0 Å². The lowest BCUT2D eigenvalue weighted by Gasteiger charge is -2.36. The molecule has 2 bridgehead atoms. The molecule has 4 heteroatoms. The van der Waals surface area contributed by atoms with Gasteiger partial charge in [-0.05, 0) is 31.2 Å². The van der Waals surface area contributed by atoms with E-state index >= 15 is 0 Å². The van der Waals surface area contributed by atoms with Crippen molar-refractivity contribution in [1.29, 1.82) is 0 Å². The smallest absolute Gasteiger partial charge is 0.332 e. The van der Waals surface area contributed by atoms with Crippen molar-refractivity contribution in [2.45, 2.75) is 64.6 Å². The highest BCUT2D eigenvalue weighted by atomic mass is 16.5. The Kier molecular flexibility index (Phi) is 3.95. The van der Waals surface area contributed by atoms with E-state index in [1.165, 1.54) is 0 Å². The molecule has 0 unspecified atom stereocenters. The zero-order chi connectivity index (χ0) is 16.7. The number of carbonyl (C=O) groups is 2. The van der Waals surface area contributed by atoms with Crippen molar-refractivity contribution in [3.8, 4) is 0 Å². The summed E-state index contributed by atoms with van der Waals surface area (Å²) >= 11 is 0. The van der Waals surface area contributed by atoms with Gasteiger partial charge in [-0.25, -0.2) is 4.79 Å². The molecule has 3 rings (SSSR count). The largest absolute Gasteiger partial charge is 0.459 e. The lowest BCUT2D eigenvalue weighted by Crippen LogP contribution is -2.54. The molecule has 2 fully saturated rings. The number of hydrogen-bond acceptors (Lipinski definition) is 3. The van der Waals surface area contributed by atoms with Crippen LogP contribution in [0, 0.1) is 5.41 Å². The van der Waals surface area contributed by atoms with E-state index in [0.717, 1.165) is 31.2 Å². The minimum Gasteiger partial charge on any atom is -0.459 e. The zero-order valence-corrected chi connectivity index (χ0v) is 14.2. The van der Waals surface area contributed by atoms with Crippen LogP contribution in [0.15, 0.2) is 30.3 Å². The SMILES string of the molecule is CC(C)(C)C(=O)N1C2CCC1(C(=O)OCc1ccccc1)CC2. The highest BCUT2D eigenvalue weighted by Crippen LogP contribution is 2.48. The molecule has 1 aromatic carbocycles. The summed E-state index contributed by atoms with van der Waals surface area (Å²) in [5.41, 5.74) is -0.236. The molecule has 0 radical (unpaired) electrons. The summed E-state index contributed by atoms with van der Waals surface area (Å²) in [6.45, 7) is 6.01. The number of fused-ring (bicyclic) bond motifs is 2. The lowest BCUT2D eigenvalue weighted by atomic mass is 9.87.